The quantitative estimate of drug-likeness (QED) is 0.733. The van der Waals surface area contributed by atoms with E-state index < -0.39 is 40.5 Å². The van der Waals surface area contributed by atoms with Gasteiger partial charge in [0.05, 0.1) is 16.7 Å². The summed E-state index contributed by atoms with van der Waals surface area (Å²) in [6.07, 6.45) is -1.29. The van der Waals surface area contributed by atoms with Crippen molar-refractivity contribution in [2.45, 2.75) is 30.1 Å². The SMILES string of the molecule is O=C(Nc1ccccc1OC(F)F)[C@@H]1C[C@@H](O)CN1S(=O)(=O)c1ccc(F)cc1. The summed E-state index contributed by atoms with van der Waals surface area (Å²) in [7, 11) is -4.21. The van der Waals surface area contributed by atoms with E-state index in [-0.39, 0.29) is 29.3 Å². The lowest BCUT2D eigenvalue weighted by atomic mass is 10.2. The molecule has 1 fully saturated rings. The molecule has 2 atom stereocenters. The fourth-order valence-electron chi connectivity index (χ4n) is 3.01. The molecule has 2 aromatic rings. The number of aliphatic hydroxyl groups is 1. The van der Waals surface area contributed by atoms with Gasteiger partial charge in [0.25, 0.3) is 0 Å². The molecule has 1 heterocycles. The Balaban J connectivity index is 1.85. The van der Waals surface area contributed by atoms with E-state index in [4.69, 9.17) is 0 Å². The largest absolute Gasteiger partial charge is 0.433 e. The van der Waals surface area contributed by atoms with Crippen molar-refractivity contribution in [2.24, 2.45) is 0 Å². The van der Waals surface area contributed by atoms with Crippen molar-refractivity contribution in [2.75, 3.05) is 11.9 Å². The number of nitrogens with zero attached hydrogens (tertiary/aromatic N) is 1. The highest BCUT2D eigenvalue weighted by molar-refractivity contribution is 7.89. The number of β-amino-alcohol motifs (C(OH)–C–C–N with tert-alkyl or cyclic N) is 1. The average Bonchev–Trinajstić information content (AvgIpc) is 3.06. The summed E-state index contributed by atoms with van der Waals surface area (Å²) in [6.45, 7) is -3.45. The summed E-state index contributed by atoms with van der Waals surface area (Å²) in [4.78, 5) is 12.5. The number of sulfonamides is 1. The van der Waals surface area contributed by atoms with Crippen LogP contribution in [0.1, 0.15) is 6.42 Å². The fraction of sp³-hybridized carbons (Fsp3) is 0.278. The number of halogens is 3. The molecule has 29 heavy (non-hydrogen) atoms. The molecule has 3 rings (SSSR count). The van der Waals surface area contributed by atoms with Gasteiger partial charge in [-0.2, -0.15) is 13.1 Å². The van der Waals surface area contributed by atoms with Crippen molar-refractivity contribution < 1.29 is 36.2 Å². The number of para-hydroxylation sites is 2. The van der Waals surface area contributed by atoms with Gasteiger partial charge in [-0.25, -0.2) is 12.8 Å². The smallest absolute Gasteiger partial charge is 0.387 e. The molecule has 1 amide bonds. The monoisotopic (exact) mass is 430 g/mol. The molecule has 2 aromatic carbocycles. The number of benzene rings is 2. The Morgan fingerprint density at radius 3 is 2.48 bits per heavy atom. The Labute approximate surface area is 164 Å². The number of nitrogens with one attached hydrogen (secondary N) is 1. The maximum absolute atomic E-state index is 13.1. The molecular formula is C18H17F3N2O5S. The Morgan fingerprint density at radius 1 is 1.17 bits per heavy atom. The number of anilines is 1. The van der Waals surface area contributed by atoms with Crippen molar-refractivity contribution in [3.8, 4) is 5.75 Å². The lowest BCUT2D eigenvalue weighted by Crippen LogP contribution is -2.43. The molecule has 0 radical (unpaired) electrons. The first kappa shape index (κ1) is 21.1. The maximum atomic E-state index is 13.1. The minimum atomic E-state index is -4.21. The molecule has 2 N–H and O–H groups in total. The molecule has 0 spiro atoms. The molecule has 7 nitrogen and oxygen atoms in total. The first-order valence-electron chi connectivity index (χ1n) is 8.48. The number of hydrogen-bond acceptors (Lipinski definition) is 5. The number of aliphatic hydroxyl groups excluding tert-OH is 1. The number of ether oxygens (including phenoxy) is 1. The van der Waals surface area contributed by atoms with E-state index in [1.165, 1.54) is 24.3 Å². The summed E-state index contributed by atoms with van der Waals surface area (Å²) in [6, 6.07) is 8.19. The van der Waals surface area contributed by atoms with E-state index in [2.05, 4.69) is 10.1 Å². The Bertz CT molecular complexity index is 985. The van der Waals surface area contributed by atoms with Crippen molar-refractivity contribution in [3.05, 3.63) is 54.3 Å². The van der Waals surface area contributed by atoms with Gasteiger partial charge >= 0.3 is 6.61 Å². The minimum absolute atomic E-state index is 0.0710. The van der Waals surface area contributed by atoms with E-state index in [0.717, 1.165) is 28.6 Å². The van der Waals surface area contributed by atoms with Gasteiger partial charge < -0.3 is 15.2 Å². The van der Waals surface area contributed by atoms with E-state index >= 15 is 0 Å². The first-order valence-corrected chi connectivity index (χ1v) is 9.92. The number of carbonyl (C=O) groups excluding carboxylic acids is 1. The van der Waals surface area contributed by atoms with Crippen molar-refractivity contribution in [1.29, 1.82) is 0 Å². The number of hydrogen-bond donors (Lipinski definition) is 2. The second kappa shape index (κ2) is 8.39. The van der Waals surface area contributed by atoms with Crippen molar-refractivity contribution in [3.63, 3.8) is 0 Å². The van der Waals surface area contributed by atoms with E-state index in [0.29, 0.717) is 0 Å². The molecule has 0 aliphatic carbocycles. The summed E-state index contributed by atoms with van der Waals surface area (Å²) < 4.78 is 69.1. The molecule has 1 aliphatic rings. The van der Waals surface area contributed by atoms with Crippen LogP contribution in [-0.4, -0.2) is 49.0 Å². The third-order valence-corrected chi connectivity index (χ3v) is 6.21. The lowest BCUT2D eigenvalue weighted by molar-refractivity contribution is -0.119. The Morgan fingerprint density at radius 2 is 1.83 bits per heavy atom. The third-order valence-electron chi connectivity index (χ3n) is 4.32. The van der Waals surface area contributed by atoms with Gasteiger partial charge in [0.1, 0.15) is 17.6 Å². The standard InChI is InChI=1S/C18H17F3N2O5S/c19-11-5-7-13(8-6-11)29(26,27)23-10-12(24)9-15(23)17(25)22-14-3-1-2-4-16(14)28-18(20)21/h1-8,12,15,18,24H,9-10H2,(H,22,25)/t12-,15+/m1/s1. The van der Waals surface area contributed by atoms with E-state index in [9.17, 15) is 31.5 Å². The van der Waals surface area contributed by atoms with Gasteiger partial charge in [-0.3, -0.25) is 4.79 Å². The zero-order valence-electron chi connectivity index (χ0n) is 14.8. The van der Waals surface area contributed by atoms with E-state index in [1.807, 2.05) is 0 Å². The first-order chi connectivity index (χ1) is 13.7. The van der Waals surface area contributed by atoms with E-state index in [1.54, 1.807) is 0 Å². The van der Waals surface area contributed by atoms with Crippen LogP contribution in [0.4, 0.5) is 18.9 Å². The molecule has 156 valence electrons. The predicted molar refractivity (Wildman–Crippen MR) is 96.4 cm³/mol. The molecule has 0 bridgehead atoms. The number of alkyl halides is 2. The molecule has 1 saturated heterocycles. The second-order valence-corrected chi connectivity index (χ2v) is 8.19. The Kier molecular flexibility index (Phi) is 6.10. The van der Waals surface area contributed by atoms with Gasteiger partial charge in [0.15, 0.2) is 0 Å². The van der Waals surface area contributed by atoms with Crippen LogP contribution < -0.4 is 10.1 Å². The van der Waals surface area contributed by atoms with Gasteiger partial charge in [-0.15, -0.1) is 0 Å². The van der Waals surface area contributed by atoms with Crippen LogP contribution in [0.3, 0.4) is 0 Å². The van der Waals surface area contributed by atoms with Crippen LogP contribution in [0.25, 0.3) is 0 Å². The molecule has 0 unspecified atom stereocenters. The highest BCUT2D eigenvalue weighted by Crippen LogP contribution is 2.30. The average molecular weight is 430 g/mol. The molecule has 0 aromatic heterocycles. The van der Waals surface area contributed by atoms with Gasteiger partial charge in [0, 0.05) is 13.0 Å². The maximum Gasteiger partial charge on any atom is 0.387 e. The number of amides is 1. The highest BCUT2D eigenvalue weighted by atomic mass is 32.2. The molecule has 1 aliphatic heterocycles. The van der Waals surface area contributed by atoms with Crippen LogP contribution in [0.2, 0.25) is 0 Å². The topological polar surface area (TPSA) is 95.9 Å². The van der Waals surface area contributed by atoms with Crippen molar-refractivity contribution >= 4 is 21.6 Å². The summed E-state index contributed by atoms with van der Waals surface area (Å²) in [5.74, 6) is -1.74. The summed E-state index contributed by atoms with van der Waals surface area (Å²) in [5, 5.41) is 12.3. The van der Waals surface area contributed by atoms with Crippen molar-refractivity contribution in [1.82, 2.24) is 4.31 Å². The van der Waals surface area contributed by atoms with Crippen LogP contribution >= 0.6 is 0 Å². The van der Waals surface area contributed by atoms with Crippen LogP contribution in [0, 0.1) is 5.82 Å². The lowest BCUT2D eigenvalue weighted by Gasteiger charge is -2.23. The molecule has 11 heteroatoms. The van der Waals surface area contributed by atoms with Crippen LogP contribution in [-0.2, 0) is 14.8 Å². The predicted octanol–water partition coefficient (Wildman–Crippen LogP) is 2.19. The fourth-order valence-corrected chi connectivity index (χ4v) is 4.65. The van der Waals surface area contributed by atoms with Gasteiger partial charge in [-0.05, 0) is 36.4 Å². The van der Waals surface area contributed by atoms with Gasteiger partial charge in [-0.1, -0.05) is 12.1 Å². The van der Waals surface area contributed by atoms with Crippen LogP contribution in [0.15, 0.2) is 53.4 Å². The molecular weight excluding hydrogens is 413 g/mol. The number of rotatable bonds is 6. The second-order valence-electron chi connectivity index (χ2n) is 6.30. The number of carbonyl (C=O) groups is 1. The third kappa shape index (κ3) is 4.69. The zero-order chi connectivity index (χ0) is 21.2. The minimum Gasteiger partial charge on any atom is -0.433 e. The summed E-state index contributed by atoms with van der Waals surface area (Å²) >= 11 is 0. The Hall–Kier alpha value is -2.63. The highest BCUT2D eigenvalue weighted by Gasteiger charge is 2.43. The van der Waals surface area contributed by atoms with Crippen LogP contribution in [0.5, 0.6) is 5.75 Å². The summed E-state index contributed by atoms with van der Waals surface area (Å²) in [5.41, 5.74) is -0.0710. The molecule has 0 saturated carbocycles. The normalized spacial score (nSPS) is 20.0. The zero-order valence-corrected chi connectivity index (χ0v) is 15.7. The van der Waals surface area contributed by atoms with Gasteiger partial charge in [0.2, 0.25) is 15.9 Å².